The second-order valence-electron chi connectivity index (χ2n) is 5.73. The lowest BCUT2D eigenvalue weighted by Gasteiger charge is -2.39. The lowest BCUT2D eigenvalue weighted by atomic mass is 9.66. The minimum absolute atomic E-state index is 0.269. The van der Waals surface area contributed by atoms with E-state index in [9.17, 15) is 4.79 Å². The van der Waals surface area contributed by atoms with E-state index in [1.807, 2.05) is 6.07 Å². The Hall–Kier alpha value is -2.10. The van der Waals surface area contributed by atoms with Gasteiger partial charge in [-0.2, -0.15) is 0 Å². The molecule has 0 spiro atoms. The maximum Gasteiger partial charge on any atom is 0.254 e. The number of hydrogen-bond acceptors (Lipinski definition) is 3. The smallest absolute Gasteiger partial charge is 0.254 e. The molecule has 0 unspecified atom stereocenters. The van der Waals surface area contributed by atoms with E-state index < -0.39 is 5.91 Å². The molecule has 1 heterocycles. The zero-order chi connectivity index (χ0) is 14.3. The maximum atomic E-state index is 11.4. The summed E-state index contributed by atoms with van der Waals surface area (Å²) in [5, 5.41) is 0.909. The van der Waals surface area contributed by atoms with Crippen LogP contribution in [0.15, 0.2) is 24.3 Å². The lowest BCUT2D eigenvalue weighted by Crippen LogP contribution is -2.30. The van der Waals surface area contributed by atoms with Crippen molar-refractivity contribution in [1.82, 2.24) is 4.98 Å². The van der Waals surface area contributed by atoms with Crippen molar-refractivity contribution in [3.8, 4) is 5.88 Å². The molecule has 0 aliphatic heterocycles. The van der Waals surface area contributed by atoms with Gasteiger partial charge in [-0.05, 0) is 36.0 Å². The third-order valence-corrected chi connectivity index (χ3v) is 4.40. The van der Waals surface area contributed by atoms with Crippen LogP contribution in [-0.4, -0.2) is 18.0 Å². The number of methoxy groups -OCH3 is 1. The first kappa shape index (κ1) is 12.9. The highest BCUT2D eigenvalue weighted by Gasteiger charge is 2.33. The Morgan fingerprint density at radius 3 is 2.65 bits per heavy atom. The molecule has 1 aromatic heterocycles. The molecule has 1 saturated carbocycles. The van der Waals surface area contributed by atoms with Crippen LogP contribution in [0.4, 0.5) is 0 Å². The number of nitrogens with zero attached hydrogens (tertiary/aromatic N) is 1. The number of hydrogen-bond donors (Lipinski definition) is 1. The summed E-state index contributed by atoms with van der Waals surface area (Å²) < 4.78 is 5.17. The Balaban J connectivity index is 2.15. The molecule has 1 aromatic carbocycles. The number of nitrogens with two attached hydrogens (primary N) is 1. The van der Waals surface area contributed by atoms with E-state index in [1.165, 1.54) is 31.9 Å². The molecule has 1 fully saturated rings. The fraction of sp³-hybridized carbons (Fsp3) is 0.375. The van der Waals surface area contributed by atoms with Crippen molar-refractivity contribution in [1.29, 1.82) is 0 Å². The lowest BCUT2D eigenvalue weighted by molar-refractivity contribution is 0.0997. The van der Waals surface area contributed by atoms with Gasteiger partial charge in [-0.15, -0.1) is 0 Å². The highest BCUT2D eigenvalue weighted by molar-refractivity contribution is 5.98. The molecule has 4 heteroatoms. The third kappa shape index (κ3) is 1.92. The number of benzene rings is 1. The summed E-state index contributed by atoms with van der Waals surface area (Å²) in [5.41, 5.74) is 8.09. The van der Waals surface area contributed by atoms with E-state index in [-0.39, 0.29) is 5.41 Å². The predicted molar refractivity (Wildman–Crippen MR) is 78.0 cm³/mol. The molecular weight excluding hydrogens is 252 g/mol. The van der Waals surface area contributed by atoms with Crippen LogP contribution in [0, 0.1) is 0 Å². The van der Waals surface area contributed by atoms with E-state index >= 15 is 0 Å². The van der Waals surface area contributed by atoms with Crippen molar-refractivity contribution in [3.63, 3.8) is 0 Å². The normalized spacial score (nSPS) is 16.7. The summed E-state index contributed by atoms with van der Waals surface area (Å²) in [6, 6.07) is 7.98. The van der Waals surface area contributed by atoms with Gasteiger partial charge in [0.25, 0.3) is 5.91 Å². The van der Waals surface area contributed by atoms with Crippen LogP contribution in [-0.2, 0) is 5.41 Å². The van der Waals surface area contributed by atoms with Crippen molar-refractivity contribution in [3.05, 3.63) is 35.4 Å². The van der Waals surface area contributed by atoms with Gasteiger partial charge in [0.15, 0.2) is 0 Å². The Kier molecular flexibility index (Phi) is 2.89. The monoisotopic (exact) mass is 270 g/mol. The van der Waals surface area contributed by atoms with Gasteiger partial charge in [-0.1, -0.05) is 25.5 Å². The van der Waals surface area contributed by atoms with Gasteiger partial charge in [-0.3, -0.25) is 4.79 Å². The number of ether oxygens (including phenoxy) is 1. The van der Waals surface area contributed by atoms with Crippen molar-refractivity contribution >= 4 is 16.8 Å². The summed E-state index contributed by atoms with van der Waals surface area (Å²) in [4.78, 5) is 15.8. The highest BCUT2D eigenvalue weighted by atomic mass is 16.5. The second-order valence-corrected chi connectivity index (χ2v) is 5.73. The largest absolute Gasteiger partial charge is 0.480 e. The minimum atomic E-state index is -0.522. The molecule has 0 saturated heterocycles. The van der Waals surface area contributed by atoms with E-state index in [0.717, 1.165) is 10.9 Å². The van der Waals surface area contributed by atoms with Crippen LogP contribution in [0.2, 0.25) is 0 Å². The Morgan fingerprint density at radius 1 is 1.35 bits per heavy atom. The minimum Gasteiger partial charge on any atom is -0.480 e. The average molecular weight is 270 g/mol. The molecule has 1 aliphatic carbocycles. The Bertz CT molecular complexity index is 690. The summed E-state index contributed by atoms with van der Waals surface area (Å²) >= 11 is 0. The number of carbonyl (C=O) groups excluding carboxylic acids is 1. The molecule has 0 bridgehead atoms. The highest BCUT2D eigenvalue weighted by Crippen LogP contribution is 2.43. The summed E-state index contributed by atoms with van der Waals surface area (Å²) in [6.45, 7) is 2.28. The standard InChI is InChI=1S/C16H18N2O2/c1-16(6-3-7-16)11-5-4-10-8-12(14(17)19)15(20-2)18-13(10)9-11/h4-5,8-9H,3,6-7H2,1-2H3,(H2,17,19). The first-order chi connectivity index (χ1) is 9.53. The van der Waals surface area contributed by atoms with Crippen LogP contribution in [0.5, 0.6) is 5.88 Å². The second kappa shape index (κ2) is 4.47. The fourth-order valence-corrected chi connectivity index (χ4v) is 2.85. The summed E-state index contributed by atoms with van der Waals surface area (Å²) in [7, 11) is 1.50. The van der Waals surface area contributed by atoms with Crippen LogP contribution in [0.3, 0.4) is 0 Å². The van der Waals surface area contributed by atoms with Crippen molar-refractivity contribution in [2.45, 2.75) is 31.6 Å². The quantitative estimate of drug-likeness (QED) is 0.932. The fourth-order valence-electron chi connectivity index (χ4n) is 2.85. The molecular formula is C16H18N2O2. The molecule has 2 N–H and O–H groups in total. The summed E-state index contributed by atoms with van der Waals surface area (Å²) in [6.07, 6.45) is 3.72. The number of pyridine rings is 1. The number of amides is 1. The first-order valence-electron chi connectivity index (χ1n) is 6.82. The van der Waals surface area contributed by atoms with Gasteiger partial charge < -0.3 is 10.5 Å². The molecule has 20 heavy (non-hydrogen) atoms. The first-order valence-corrected chi connectivity index (χ1v) is 6.82. The Labute approximate surface area is 117 Å². The maximum absolute atomic E-state index is 11.4. The van der Waals surface area contributed by atoms with Crippen molar-refractivity contribution in [2.24, 2.45) is 5.73 Å². The third-order valence-electron chi connectivity index (χ3n) is 4.40. The van der Waals surface area contributed by atoms with E-state index in [1.54, 1.807) is 6.07 Å². The number of primary amides is 1. The number of carbonyl (C=O) groups is 1. The van der Waals surface area contributed by atoms with E-state index in [0.29, 0.717) is 11.4 Å². The number of rotatable bonds is 3. The van der Waals surface area contributed by atoms with Crippen molar-refractivity contribution in [2.75, 3.05) is 7.11 Å². The van der Waals surface area contributed by atoms with E-state index in [2.05, 4.69) is 24.0 Å². The molecule has 2 aromatic rings. The van der Waals surface area contributed by atoms with Crippen LogP contribution < -0.4 is 10.5 Å². The summed E-state index contributed by atoms with van der Waals surface area (Å²) in [5.74, 6) is -0.229. The Morgan fingerprint density at radius 2 is 2.10 bits per heavy atom. The van der Waals surface area contributed by atoms with E-state index in [4.69, 9.17) is 10.5 Å². The van der Waals surface area contributed by atoms with Crippen LogP contribution >= 0.6 is 0 Å². The number of aromatic nitrogens is 1. The molecule has 0 radical (unpaired) electrons. The molecule has 1 aliphatic rings. The predicted octanol–water partition coefficient (Wildman–Crippen LogP) is 2.78. The van der Waals surface area contributed by atoms with Crippen molar-refractivity contribution < 1.29 is 9.53 Å². The average Bonchev–Trinajstić information content (AvgIpc) is 2.42. The number of fused-ring (bicyclic) bond motifs is 1. The molecule has 104 valence electrons. The van der Waals surface area contributed by atoms with Gasteiger partial charge >= 0.3 is 0 Å². The van der Waals surface area contributed by atoms with Gasteiger partial charge in [0.1, 0.15) is 5.56 Å². The molecule has 0 atom stereocenters. The van der Waals surface area contributed by atoms with Gasteiger partial charge in [-0.25, -0.2) is 4.98 Å². The van der Waals surface area contributed by atoms with Gasteiger partial charge in [0.2, 0.25) is 5.88 Å². The van der Waals surface area contributed by atoms with Gasteiger partial charge in [0.05, 0.1) is 12.6 Å². The SMILES string of the molecule is COc1nc2cc(C3(C)CCC3)ccc2cc1C(N)=O. The topological polar surface area (TPSA) is 65.2 Å². The zero-order valence-electron chi connectivity index (χ0n) is 11.8. The molecule has 3 rings (SSSR count). The van der Waals surface area contributed by atoms with Crippen LogP contribution in [0.25, 0.3) is 10.9 Å². The molecule has 4 nitrogen and oxygen atoms in total. The van der Waals surface area contributed by atoms with Gasteiger partial charge in [0, 0.05) is 5.39 Å². The zero-order valence-corrected chi connectivity index (χ0v) is 11.8. The molecule has 1 amide bonds. The van der Waals surface area contributed by atoms with Crippen LogP contribution in [0.1, 0.15) is 42.1 Å².